The maximum atomic E-state index is 12.9. The number of carbonyl (C=O) groups excluding carboxylic acids is 2. The molecule has 2 aliphatic heterocycles. The van der Waals surface area contributed by atoms with Crippen molar-refractivity contribution in [2.45, 2.75) is 51.7 Å². The lowest BCUT2D eigenvalue weighted by molar-refractivity contribution is -0.153. The van der Waals surface area contributed by atoms with Gasteiger partial charge in [0.25, 0.3) is 0 Å². The number of amides is 2. The van der Waals surface area contributed by atoms with Gasteiger partial charge in [0.15, 0.2) is 0 Å². The molecule has 26 heavy (non-hydrogen) atoms. The summed E-state index contributed by atoms with van der Waals surface area (Å²) in [5, 5.41) is 0. The molecule has 5 nitrogen and oxygen atoms in total. The number of morpholine rings is 1. The molecule has 1 aromatic carbocycles. The van der Waals surface area contributed by atoms with Crippen LogP contribution < -0.4 is 0 Å². The predicted octanol–water partition coefficient (Wildman–Crippen LogP) is 3.01. The molecule has 5 heteroatoms. The predicted molar refractivity (Wildman–Crippen MR) is 101 cm³/mol. The van der Waals surface area contributed by atoms with Gasteiger partial charge in [-0.05, 0) is 24.3 Å². The van der Waals surface area contributed by atoms with E-state index in [9.17, 15) is 9.59 Å². The first kappa shape index (κ1) is 18.9. The second-order valence-electron chi connectivity index (χ2n) is 7.74. The van der Waals surface area contributed by atoms with E-state index in [4.69, 9.17) is 4.74 Å². The Morgan fingerprint density at radius 1 is 1.15 bits per heavy atom. The lowest BCUT2D eigenvalue weighted by Crippen LogP contribution is -2.51. The first-order valence-electron chi connectivity index (χ1n) is 9.80. The largest absolute Gasteiger partial charge is 0.366 e. The molecule has 2 amide bonds. The molecule has 0 unspecified atom stereocenters. The van der Waals surface area contributed by atoms with Crippen molar-refractivity contribution in [1.82, 2.24) is 9.80 Å². The molecule has 0 aromatic heterocycles. The molecule has 3 rings (SSSR count). The summed E-state index contributed by atoms with van der Waals surface area (Å²) < 4.78 is 6.27. The molecule has 2 heterocycles. The highest BCUT2D eigenvalue weighted by molar-refractivity contribution is 5.85. The zero-order valence-electron chi connectivity index (χ0n) is 15.9. The van der Waals surface area contributed by atoms with Crippen LogP contribution in [0.3, 0.4) is 0 Å². The Kier molecular flexibility index (Phi) is 6.30. The Bertz CT molecular complexity index is 617. The molecule has 0 saturated carbocycles. The van der Waals surface area contributed by atoms with Gasteiger partial charge in [-0.25, -0.2) is 0 Å². The van der Waals surface area contributed by atoms with E-state index in [-0.39, 0.29) is 30.6 Å². The van der Waals surface area contributed by atoms with Gasteiger partial charge in [0.05, 0.1) is 19.2 Å². The maximum absolute atomic E-state index is 12.9. The fraction of sp³-hybridized carbons (Fsp3) is 0.619. The molecular weight excluding hydrogens is 328 g/mol. The van der Waals surface area contributed by atoms with Crippen LogP contribution in [0, 0.1) is 5.92 Å². The van der Waals surface area contributed by atoms with Gasteiger partial charge in [-0.15, -0.1) is 0 Å². The van der Waals surface area contributed by atoms with E-state index >= 15 is 0 Å². The Labute approximate surface area is 156 Å². The van der Waals surface area contributed by atoms with Crippen LogP contribution in [0.25, 0.3) is 0 Å². The standard InChI is InChI=1S/C21H30N2O3/c1-16(2)18-13-23(14-19(26-18)17-9-5-3-6-10-17)21(25)15-22-12-8-4-7-11-20(22)24/h3,5-6,9-10,16,18-19H,4,7-8,11-15H2,1-2H3/t18-,19+/m1/s1. The third-order valence-electron chi connectivity index (χ3n) is 5.39. The molecule has 2 saturated heterocycles. The average molecular weight is 358 g/mol. The number of benzene rings is 1. The Balaban J connectivity index is 1.70. The number of hydrogen-bond acceptors (Lipinski definition) is 3. The summed E-state index contributed by atoms with van der Waals surface area (Å²) in [5.41, 5.74) is 1.10. The molecule has 2 aliphatic rings. The van der Waals surface area contributed by atoms with Crippen molar-refractivity contribution in [3.8, 4) is 0 Å². The first-order valence-corrected chi connectivity index (χ1v) is 9.80. The highest BCUT2D eigenvalue weighted by Gasteiger charge is 2.33. The number of carbonyl (C=O) groups is 2. The Morgan fingerprint density at radius 3 is 2.65 bits per heavy atom. The first-order chi connectivity index (χ1) is 12.5. The molecule has 142 valence electrons. The van der Waals surface area contributed by atoms with Crippen LogP contribution in [0.5, 0.6) is 0 Å². The SMILES string of the molecule is CC(C)[C@H]1CN(C(=O)CN2CCCCCC2=O)C[C@@H](c2ccccc2)O1. The number of likely N-dealkylation sites (tertiary alicyclic amines) is 1. The van der Waals surface area contributed by atoms with Gasteiger partial charge in [-0.2, -0.15) is 0 Å². The lowest BCUT2D eigenvalue weighted by Gasteiger charge is -2.40. The summed E-state index contributed by atoms with van der Waals surface area (Å²) >= 11 is 0. The molecular formula is C21H30N2O3. The summed E-state index contributed by atoms with van der Waals surface area (Å²) in [6, 6.07) is 10.1. The van der Waals surface area contributed by atoms with E-state index in [0.29, 0.717) is 32.0 Å². The van der Waals surface area contributed by atoms with E-state index in [1.807, 2.05) is 35.2 Å². The monoisotopic (exact) mass is 358 g/mol. The van der Waals surface area contributed by atoms with Gasteiger partial charge in [0.1, 0.15) is 6.10 Å². The van der Waals surface area contributed by atoms with Crippen LogP contribution in [-0.2, 0) is 14.3 Å². The number of hydrogen-bond donors (Lipinski definition) is 0. The second kappa shape index (κ2) is 8.67. The minimum absolute atomic E-state index is 0.0118. The summed E-state index contributed by atoms with van der Waals surface area (Å²) in [5.74, 6) is 0.482. The summed E-state index contributed by atoms with van der Waals surface area (Å²) in [4.78, 5) is 28.8. The van der Waals surface area contributed by atoms with Crippen molar-refractivity contribution >= 4 is 11.8 Å². The van der Waals surface area contributed by atoms with E-state index < -0.39 is 0 Å². The smallest absolute Gasteiger partial charge is 0.242 e. The minimum atomic E-state index is -0.110. The van der Waals surface area contributed by atoms with E-state index in [1.165, 1.54) is 0 Å². The van der Waals surface area contributed by atoms with Crippen LogP contribution in [0.15, 0.2) is 30.3 Å². The van der Waals surface area contributed by atoms with Crippen molar-refractivity contribution in [3.63, 3.8) is 0 Å². The molecule has 0 aliphatic carbocycles. The van der Waals surface area contributed by atoms with E-state index in [2.05, 4.69) is 13.8 Å². The van der Waals surface area contributed by atoms with Crippen LogP contribution in [0.1, 0.15) is 51.2 Å². The van der Waals surface area contributed by atoms with Crippen molar-refractivity contribution < 1.29 is 14.3 Å². The third-order valence-corrected chi connectivity index (χ3v) is 5.39. The van der Waals surface area contributed by atoms with Gasteiger partial charge in [0.2, 0.25) is 11.8 Å². The zero-order valence-corrected chi connectivity index (χ0v) is 15.9. The maximum Gasteiger partial charge on any atom is 0.242 e. The van der Waals surface area contributed by atoms with E-state index in [1.54, 1.807) is 4.90 Å². The molecule has 0 spiro atoms. The van der Waals surface area contributed by atoms with Crippen LogP contribution in [0.2, 0.25) is 0 Å². The molecule has 2 atom stereocenters. The zero-order chi connectivity index (χ0) is 18.5. The van der Waals surface area contributed by atoms with Crippen LogP contribution >= 0.6 is 0 Å². The third kappa shape index (κ3) is 4.64. The minimum Gasteiger partial charge on any atom is -0.366 e. The number of nitrogens with zero attached hydrogens (tertiary/aromatic N) is 2. The topological polar surface area (TPSA) is 49.9 Å². The van der Waals surface area contributed by atoms with Gasteiger partial charge in [0, 0.05) is 19.5 Å². The van der Waals surface area contributed by atoms with Crippen molar-refractivity contribution in [1.29, 1.82) is 0 Å². The van der Waals surface area contributed by atoms with Crippen molar-refractivity contribution in [2.75, 3.05) is 26.2 Å². The number of ether oxygens (including phenoxy) is 1. The fourth-order valence-electron chi connectivity index (χ4n) is 3.68. The van der Waals surface area contributed by atoms with Crippen molar-refractivity contribution in [3.05, 3.63) is 35.9 Å². The molecule has 2 fully saturated rings. The van der Waals surface area contributed by atoms with Crippen LogP contribution in [-0.4, -0.2) is 53.9 Å². The highest BCUT2D eigenvalue weighted by atomic mass is 16.5. The normalized spacial score (nSPS) is 24.7. The molecule has 0 bridgehead atoms. The summed E-state index contributed by atoms with van der Waals surface area (Å²) in [6.07, 6.45) is 3.46. The van der Waals surface area contributed by atoms with Gasteiger partial charge < -0.3 is 14.5 Å². The van der Waals surface area contributed by atoms with Crippen LogP contribution in [0.4, 0.5) is 0 Å². The highest BCUT2D eigenvalue weighted by Crippen LogP contribution is 2.28. The van der Waals surface area contributed by atoms with Gasteiger partial charge in [-0.1, -0.05) is 50.6 Å². The quantitative estimate of drug-likeness (QED) is 0.831. The Hall–Kier alpha value is -1.88. The second-order valence-corrected chi connectivity index (χ2v) is 7.74. The van der Waals surface area contributed by atoms with Crippen molar-refractivity contribution in [2.24, 2.45) is 5.92 Å². The molecule has 0 N–H and O–H groups in total. The van der Waals surface area contributed by atoms with Gasteiger partial charge >= 0.3 is 0 Å². The molecule has 0 radical (unpaired) electrons. The Morgan fingerprint density at radius 2 is 1.92 bits per heavy atom. The van der Waals surface area contributed by atoms with E-state index in [0.717, 1.165) is 24.8 Å². The summed E-state index contributed by atoms with van der Waals surface area (Å²) in [6.45, 7) is 6.30. The lowest BCUT2D eigenvalue weighted by atomic mass is 10.0. The fourth-order valence-corrected chi connectivity index (χ4v) is 3.68. The molecule has 1 aromatic rings. The average Bonchev–Trinajstić information content (AvgIpc) is 2.86. The number of rotatable bonds is 4. The summed E-state index contributed by atoms with van der Waals surface area (Å²) in [7, 11) is 0. The van der Waals surface area contributed by atoms with Gasteiger partial charge in [-0.3, -0.25) is 9.59 Å².